The fourth-order valence-corrected chi connectivity index (χ4v) is 3.95. The maximum absolute atomic E-state index is 12.6. The third kappa shape index (κ3) is 3.67. The lowest BCUT2D eigenvalue weighted by Gasteiger charge is -2.18. The van der Waals surface area contributed by atoms with Gasteiger partial charge in [-0.25, -0.2) is 8.42 Å². The van der Waals surface area contributed by atoms with Gasteiger partial charge in [0.1, 0.15) is 6.04 Å². The van der Waals surface area contributed by atoms with Gasteiger partial charge in [0.25, 0.3) is 0 Å². The zero-order valence-corrected chi connectivity index (χ0v) is 14.0. The van der Waals surface area contributed by atoms with Crippen LogP contribution in [0.2, 0.25) is 0 Å². The predicted octanol–water partition coefficient (Wildman–Crippen LogP) is 3.39. The van der Waals surface area contributed by atoms with Crippen LogP contribution in [0, 0.1) is 6.92 Å². The molecule has 6 heteroatoms. The van der Waals surface area contributed by atoms with Gasteiger partial charge in [-0.05, 0) is 30.5 Å². The first-order chi connectivity index (χ1) is 10.5. The minimum absolute atomic E-state index is 0.208. The molecule has 0 radical (unpaired) electrons. The molecule has 1 aromatic carbocycles. The smallest absolute Gasteiger partial charge is 0.241 e. The van der Waals surface area contributed by atoms with E-state index in [9.17, 15) is 8.42 Å². The SMILES string of the molecule is C=C=C(OC)C(NS(=O)(=O)c1ccc(C)cc1)c1cccs1. The van der Waals surface area contributed by atoms with Crippen molar-refractivity contribution in [2.75, 3.05) is 7.11 Å². The number of thiophene rings is 1. The van der Waals surface area contributed by atoms with Crippen molar-refractivity contribution in [1.82, 2.24) is 4.72 Å². The minimum Gasteiger partial charge on any atom is -0.491 e. The zero-order chi connectivity index (χ0) is 16.2. The highest BCUT2D eigenvalue weighted by atomic mass is 32.2. The van der Waals surface area contributed by atoms with Crippen molar-refractivity contribution in [3.8, 4) is 0 Å². The second-order valence-electron chi connectivity index (χ2n) is 4.63. The number of rotatable bonds is 6. The van der Waals surface area contributed by atoms with Crippen molar-refractivity contribution in [1.29, 1.82) is 0 Å². The minimum atomic E-state index is -3.68. The summed E-state index contributed by atoms with van der Waals surface area (Å²) < 4.78 is 33.0. The van der Waals surface area contributed by atoms with Crippen LogP contribution in [0.5, 0.6) is 0 Å². The molecule has 1 N–H and O–H groups in total. The summed E-state index contributed by atoms with van der Waals surface area (Å²) in [6.07, 6.45) is 0. The van der Waals surface area contributed by atoms with E-state index in [1.807, 2.05) is 24.4 Å². The summed E-state index contributed by atoms with van der Waals surface area (Å²) in [6, 6.07) is 9.71. The van der Waals surface area contributed by atoms with E-state index in [1.54, 1.807) is 24.3 Å². The van der Waals surface area contributed by atoms with Crippen molar-refractivity contribution in [3.05, 3.63) is 70.3 Å². The lowest BCUT2D eigenvalue weighted by molar-refractivity contribution is 0.262. The Balaban J connectivity index is 2.38. The third-order valence-corrected chi connectivity index (χ3v) is 5.46. The first kappa shape index (κ1) is 16.5. The number of hydrogen-bond acceptors (Lipinski definition) is 4. The van der Waals surface area contributed by atoms with Crippen LogP contribution in [0.15, 0.2) is 64.7 Å². The van der Waals surface area contributed by atoms with Gasteiger partial charge in [0.2, 0.25) is 10.0 Å². The van der Waals surface area contributed by atoms with Crippen LogP contribution < -0.4 is 4.72 Å². The van der Waals surface area contributed by atoms with Crippen LogP contribution in [0.1, 0.15) is 16.5 Å². The fourth-order valence-electron chi connectivity index (χ4n) is 1.93. The Morgan fingerprint density at radius 3 is 2.50 bits per heavy atom. The van der Waals surface area contributed by atoms with Gasteiger partial charge in [-0.3, -0.25) is 0 Å². The molecule has 0 aliphatic rings. The number of aryl methyl sites for hydroxylation is 1. The van der Waals surface area contributed by atoms with E-state index in [1.165, 1.54) is 18.4 Å². The topological polar surface area (TPSA) is 55.4 Å². The highest BCUT2D eigenvalue weighted by Gasteiger charge is 2.26. The molecule has 1 aromatic heterocycles. The predicted molar refractivity (Wildman–Crippen MR) is 88.2 cm³/mol. The van der Waals surface area contributed by atoms with Gasteiger partial charge in [-0.15, -0.1) is 11.3 Å². The second kappa shape index (κ2) is 6.94. The molecule has 4 nitrogen and oxygen atoms in total. The second-order valence-corrected chi connectivity index (χ2v) is 7.32. The van der Waals surface area contributed by atoms with Crippen molar-refractivity contribution in [3.63, 3.8) is 0 Å². The average molecular weight is 335 g/mol. The monoisotopic (exact) mass is 335 g/mol. The number of benzene rings is 1. The van der Waals surface area contributed by atoms with Gasteiger partial charge < -0.3 is 4.74 Å². The van der Waals surface area contributed by atoms with Crippen LogP contribution in [-0.2, 0) is 14.8 Å². The number of hydrogen-bond donors (Lipinski definition) is 1. The van der Waals surface area contributed by atoms with E-state index in [0.29, 0.717) is 5.76 Å². The summed E-state index contributed by atoms with van der Waals surface area (Å²) in [5.74, 6) is 0.332. The van der Waals surface area contributed by atoms with E-state index in [2.05, 4.69) is 17.0 Å². The summed E-state index contributed by atoms with van der Waals surface area (Å²) in [6.45, 7) is 5.46. The third-order valence-electron chi connectivity index (χ3n) is 3.09. The van der Waals surface area contributed by atoms with Crippen molar-refractivity contribution in [2.24, 2.45) is 0 Å². The molecule has 1 atom stereocenters. The maximum atomic E-state index is 12.6. The van der Waals surface area contributed by atoms with Gasteiger partial charge >= 0.3 is 0 Å². The molecular formula is C16H17NO3S2. The van der Waals surface area contributed by atoms with Crippen molar-refractivity contribution < 1.29 is 13.2 Å². The van der Waals surface area contributed by atoms with E-state index < -0.39 is 16.1 Å². The Labute approximate surface area is 134 Å². The quantitative estimate of drug-likeness (QED) is 0.650. The molecule has 0 saturated heterocycles. The van der Waals surface area contributed by atoms with Crippen LogP contribution in [0.25, 0.3) is 0 Å². The van der Waals surface area contributed by atoms with E-state index in [4.69, 9.17) is 4.74 Å². The van der Waals surface area contributed by atoms with E-state index in [0.717, 1.165) is 10.4 Å². The number of ether oxygens (including phenoxy) is 1. The lowest BCUT2D eigenvalue weighted by Crippen LogP contribution is -2.29. The Kier molecular flexibility index (Phi) is 5.21. The zero-order valence-electron chi connectivity index (χ0n) is 12.4. The Morgan fingerprint density at radius 1 is 1.32 bits per heavy atom. The maximum Gasteiger partial charge on any atom is 0.241 e. The Bertz CT molecular complexity index is 771. The molecule has 116 valence electrons. The van der Waals surface area contributed by atoms with Gasteiger partial charge in [0.05, 0.1) is 12.0 Å². The molecular weight excluding hydrogens is 318 g/mol. The van der Waals surface area contributed by atoms with Crippen LogP contribution in [0.4, 0.5) is 0 Å². The standard InChI is InChI=1S/C16H17NO3S2/c1-4-14(20-3)16(15-6-5-11-21-15)17-22(18,19)13-9-7-12(2)8-10-13/h5-11,16-17H,1H2,2-3H3. The first-order valence-corrected chi connectivity index (χ1v) is 8.90. The average Bonchev–Trinajstić information content (AvgIpc) is 3.02. The molecule has 22 heavy (non-hydrogen) atoms. The molecule has 1 unspecified atom stereocenters. The fraction of sp³-hybridized carbons (Fsp3) is 0.188. The molecule has 2 aromatic rings. The van der Waals surface area contributed by atoms with E-state index in [-0.39, 0.29) is 4.90 Å². The van der Waals surface area contributed by atoms with Gasteiger partial charge in [0, 0.05) is 4.88 Å². The molecule has 0 aliphatic heterocycles. The summed E-state index contributed by atoms with van der Waals surface area (Å²) in [4.78, 5) is 1.02. The normalized spacial score (nSPS) is 12.5. The summed E-state index contributed by atoms with van der Waals surface area (Å²) in [5, 5.41) is 1.87. The number of methoxy groups -OCH3 is 1. The summed E-state index contributed by atoms with van der Waals surface area (Å²) >= 11 is 1.43. The Hall–Kier alpha value is -1.85. The molecule has 0 aliphatic carbocycles. The van der Waals surface area contributed by atoms with Crippen LogP contribution in [0.3, 0.4) is 0 Å². The van der Waals surface area contributed by atoms with Gasteiger partial charge in [0.15, 0.2) is 5.76 Å². The molecule has 0 bridgehead atoms. The number of sulfonamides is 1. The van der Waals surface area contributed by atoms with Crippen molar-refractivity contribution in [2.45, 2.75) is 17.9 Å². The molecule has 0 spiro atoms. The van der Waals surface area contributed by atoms with Gasteiger partial charge in [-0.2, -0.15) is 4.72 Å². The highest BCUT2D eigenvalue weighted by Crippen LogP contribution is 2.27. The molecule has 1 heterocycles. The van der Waals surface area contributed by atoms with Gasteiger partial charge in [-0.1, -0.05) is 36.1 Å². The van der Waals surface area contributed by atoms with Crippen LogP contribution in [-0.4, -0.2) is 15.5 Å². The molecule has 0 fully saturated rings. The Morgan fingerprint density at radius 2 is 2.00 bits per heavy atom. The molecule has 2 rings (SSSR count). The largest absolute Gasteiger partial charge is 0.491 e. The van der Waals surface area contributed by atoms with Crippen LogP contribution >= 0.6 is 11.3 Å². The highest BCUT2D eigenvalue weighted by molar-refractivity contribution is 7.89. The molecule has 0 saturated carbocycles. The first-order valence-electron chi connectivity index (χ1n) is 6.54. The van der Waals surface area contributed by atoms with Crippen molar-refractivity contribution >= 4 is 21.4 Å². The number of nitrogens with one attached hydrogen (secondary N) is 1. The molecule has 0 amide bonds. The van der Waals surface area contributed by atoms with E-state index >= 15 is 0 Å². The summed E-state index contributed by atoms with van der Waals surface area (Å²) in [7, 11) is -2.21. The summed E-state index contributed by atoms with van der Waals surface area (Å²) in [5.41, 5.74) is 3.64. The lowest BCUT2D eigenvalue weighted by atomic mass is 10.2.